The van der Waals surface area contributed by atoms with E-state index in [0.717, 1.165) is 43.5 Å². The lowest BCUT2D eigenvalue weighted by molar-refractivity contribution is 0.0443. The van der Waals surface area contributed by atoms with Gasteiger partial charge in [0.05, 0.1) is 36.2 Å². The SMILES string of the molecule is Cc1cc2c(cc1S(=O)(=O)Nc1cccc(F)n1)oc(=O)n2C(C)c1cccc(C#CCN2CCOCC2)c1. The summed E-state index contributed by atoms with van der Waals surface area (Å²) in [4.78, 5) is 18.6. The van der Waals surface area contributed by atoms with Gasteiger partial charge in [-0.25, -0.2) is 18.2 Å². The van der Waals surface area contributed by atoms with Crippen LogP contribution in [0.15, 0.2) is 68.7 Å². The van der Waals surface area contributed by atoms with Crippen molar-refractivity contribution in [3.8, 4) is 11.8 Å². The van der Waals surface area contributed by atoms with Gasteiger partial charge in [-0.2, -0.15) is 4.39 Å². The van der Waals surface area contributed by atoms with Gasteiger partial charge in [-0.1, -0.05) is 30.0 Å². The summed E-state index contributed by atoms with van der Waals surface area (Å²) in [6.07, 6.45) is 0. The third-order valence-corrected chi connectivity index (χ3v) is 8.05. The smallest absolute Gasteiger partial charge is 0.408 e. The van der Waals surface area contributed by atoms with Crippen molar-refractivity contribution in [2.75, 3.05) is 37.6 Å². The molecule has 9 nitrogen and oxygen atoms in total. The molecule has 1 atom stereocenters. The Balaban J connectivity index is 1.42. The zero-order valence-corrected chi connectivity index (χ0v) is 22.3. The molecular formula is C28H27FN4O5S. The largest absolute Gasteiger partial charge is 0.420 e. The third-order valence-electron chi connectivity index (χ3n) is 6.55. The van der Waals surface area contributed by atoms with Crippen LogP contribution in [-0.4, -0.2) is 55.7 Å². The lowest BCUT2D eigenvalue weighted by Gasteiger charge is -2.24. The number of oxazole rings is 1. The van der Waals surface area contributed by atoms with Crippen LogP contribution < -0.4 is 10.5 Å². The Kier molecular flexibility index (Phi) is 7.52. The summed E-state index contributed by atoms with van der Waals surface area (Å²) in [6.45, 7) is 7.30. The fourth-order valence-corrected chi connectivity index (χ4v) is 5.76. The molecule has 39 heavy (non-hydrogen) atoms. The molecule has 1 saturated heterocycles. The van der Waals surface area contributed by atoms with Crippen molar-refractivity contribution in [1.82, 2.24) is 14.5 Å². The quantitative estimate of drug-likeness (QED) is 0.289. The summed E-state index contributed by atoms with van der Waals surface area (Å²) in [7, 11) is -4.13. The van der Waals surface area contributed by atoms with Gasteiger partial charge in [0.1, 0.15) is 5.82 Å². The van der Waals surface area contributed by atoms with Crippen molar-refractivity contribution in [2.45, 2.75) is 24.8 Å². The van der Waals surface area contributed by atoms with E-state index in [1.54, 1.807) is 13.0 Å². The molecule has 0 spiro atoms. The Bertz CT molecular complexity index is 1750. The van der Waals surface area contributed by atoms with Crippen molar-refractivity contribution in [3.63, 3.8) is 0 Å². The molecule has 4 aromatic rings. The molecule has 5 rings (SSSR count). The zero-order valence-electron chi connectivity index (χ0n) is 21.5. The molecule has 202 valence electrons. The van der Waals surface area contributed by atoms with Gasteiger partial charge in [0.2, 0.25) is 5.95 Å². The molecule has 11 heteroatoms. The Labute approximate surface area is 225 Å². The normalized spacial score (nSPS) is 15.1. The van der Waals surface area contributed by atoms with Crippen LogP contribution >= 0.6 is 0 Å². The molecule has 0 aliphatic carbocycles. The van der Waals surface area contributed by atoms with E-state index in [-0.39, 0.29) is 16.3 Å². The number of halogens is 1. The van der Waals surface area contributed by atoms with E-state index in [0.29, 0.717) is 17.6 Å². The molecule has 2 aromatic carbocycles. The lowest BCUT2D eigenvalue weighted by Crippen LogP contribution is -2.36. The summed E-state index contributed by atoms with van der Waals surface area (Å²) in [5.74, 6) is 4.82. The first-order valence-electron chi connectivity index (χ1n) is 12.4. The van der Waals surface area contributed by atoms with Crippen LogP contribution in [0.4, 0.5) is 10.2 Å². The molecule has 0 radical (unpaired) electrons. The summed E-state index contributed by atoms with van der Waals surface area (Å²) in [6, 6.07) is 13.9. The van der Waals surface area contributed by atoms with E-state index in [1.165, 1.54) is 22.8 Å². The van der Waals surface area contributed by atoms with E-state index in [4.69, 9.17) is 9.15 Å². The van der Waals surface area contributed by atoms with Gasteiger partial charge in [-0.15, -0.1) is 0 Å². The fourth-order valence-electron chi connectivity index (χ4n) is 4.52. The number of hydrogen-bond donors (Lipinski definition) is 1. The van der Waals surface area contributed by atoms with Gasteiger partial charge in [0, 0.05) is 24.7 Å². The average molecular weight is 551 g/mol. The van der Waals surface area contributed by atoms with Gasteiger partial charge in [0.15, 0.2) is 5.58 Å². The highest BCUT2D eigenvalue weighted by Crippen LogP contribution is 2.28. The summed E-state index contributed by atoms with van der Waals surface area (Å²) >= 11 is 0. The van der Waals surface area contributed by atoms with Crippen molar-refractivity contribution < 1.29 is 22.0 Å². The van der Waals surface area contributed by atoms with Gasteiger partial charge in [0.25, 0.3) is 10.0 Å². The number of morpholine rings is 1. The number of nitrogens with zero attached hydrogens (tertiary/aromatic N) is 3. The summed E-state index contributed by atoms with van der Waals surface area (Å²) in [5, 5.41) is 0. The van der Waals surface area contributed by atoms with Crippen LogP contribution in [-0.2, 0) is 14.8 Å². The predicted molar refractivity (Wildman–Crippen MR) is 145 cm³/mol. The highest BCUT2D eigenvalue weighted by Gasteiger charge is 2.23. The molecule has 1 N–H and O–H groups in total. The first kappa shape index (κ1) is 26.6. The Morgan fingerprint density at radius 2 is 1.90 bits per heavy atom. The number of sulfonamides is 1. The number of anilines is 1. The maximum Gasteiger partial charge on any atom is 0.420 e. The number of fused-ring (bicyclic) bond motifs is 1. The number of ether oxygens (including phenoxy) is 1. The van der Waals surface area contributed by atoms with Crippen LogP contribution in [0, 0.1) is 24.7 Å². The molecule has 2 aromatic heterocycles. The Morgan fingerprint density at radius 1 is 1.13 bits per heavy atom. The first-order chi connectivity index (χ1) is 18.7. The van der Waals surface area contributed by atoms with Crippen LogP contribution in [0.5, 0.6) is 0 Å². The second-order valence-electron chi connectivity index (χ2n) is 9.27. The topological polar surface area (TPSA) is 107 Å². The van der Waals surface area contributed by atoms with Crippen molar-refractivity contribution in [1.29, 1.82) is 0 Å². The number of nitrogens with one attached hydrogen (secondary N) is 1. The minimum atomic E-state index is -4.13. The van der Waals surface area contributed by atoms with Crippen molar-refractivity contribution >= 4 is 26.9 Å². The predicted octanol–water partition coefficient (Wildman–Crippen LogP) is 3.53. The monoisotopic (exact) mass is 550 g/mol. The number of pyridine rings is 1. The summed E-state index contributed by atoms with van der Waals surface area (Å²) < 4.78 is 54.1. The molecule has 3 heterocycles. The molecule has 0 amide bonds. The number of benzene rings is 2. The fraction of sp³-hybridized carbons (Fsp3) is 0.286. The minimum Gasteiger partial charge on any atom is -0.408 e. The highest BCUT2D eigenvalue weighted by atomic mass is 32.2. The summed E-state index contributed by atoms with van der Waals surface area (Å²) in [5.41, 5.74) is 2.64. The van der Waals surface area contributed by atoms with Crippen molar-refractivity contribution in [2.24, 2.45) is 0 Å². The van der Waals surface area contributed by atoms with E-state index < -0.39 is 27.8 Å². The van der Waals surface area contributed by atoms with Gasteiger partial charge in [-0.05, 0) is 55.3 Å². The van der Waals surface area contributed by atoms with Crippen molar-refractivity contribution in [3.05, 3.63) is 87.8 Å². The number of aryl methyl sites for hydroxylation is 1. The van der Waals surface area contributed by atoms with Crippen LogP contribution in [0.1, 0.15) is 29.7 Å². The molecule has 1 unspecified atom stereocenters. The zero-order chi connectivity index (χ0) is 27.6. The molecular weight excluding hydrogens is 523 g/mol. The molecule has 0 bridgehead atoms. The maximum atomic E-state index is 13.4. The first-order valence-corrected chi connectivity index (χ1v) is 13.9. The van der Waals surface area contributed by atoms with Gasteiger partial charge in [-0.3, -0.25) is 14.2 Å². The standard InChI is InChI=1S/C28H27FN4O5S/c1-19-16-23-24(18-25(19)39(35,36)31-27-10-4-9-26(29)30-27)38-28(34)33(23)20(2)22-8-3-6-21(17-22)7-5-11-32-12-14-37-15-13-32/h3-4,6,8-10,16-18,20H,11-15H2,1-2H3,(H,30,31). The van der Waals surface area contributed by atoms with Crippen LogP contribution in [0.25, 0.3) is 11.1 Å². The number of rotatable bonds is 6. The number of aromatic nitrogens is 2. The Hall–Kier alpha value is -3.98. The highest BCUT2D eigenvalue weighted by molar-refractivity contribution is 7.92. The van der Waals surface area contributed by atoms with E-state index in [2.05, 4.69) is 26.4 Å². The second-order valence-corrected chi connectivity index (χ2v) is 10.9. The lowest BCUT2D eigenvalue weighted by atomic mass is 10.0. The van der Waals surface area contributed by atoms with Gasteiger partial charge >= 0.3 is 5.76 Å². The second kappa shape index (κ2) is 11.0. The third kappa shape index (κ3) is 5.88. The molecule has 1 aliphatic heterocycles. The minimum absolute atomic E-state index is 0.104. The van der Waals surface area contributed by atoms with E-state index in [9.17, 15) is 17.6 Å². The average Bonchev–Trinajstić information content (AvgIpc) is 3.22. The number of hydrogen-bond acceptors (Lipinski definition) is 7. The van der Waals surface area contributed by atoms with Crippen LogP contribution in [0.3, 0.4) is 0 Å². The van der Waals surface area contributed by atoms with E-state index >= 15 is 0 Å². The Morgan fingerprint density at radius 3 is 2.67 bits per heavy atom. The van der Waals surface area contributed by atoms with Crippen LogP contribution in [0.2, 0.25) is 0 Å². The molecule has 1 aliphatic rings. The van der Waals surface area contributed by atoms with Gasteiger partial charge < -0.3 is 9.15 Å². The molecule has 0 saturated carbocycles. The maximum absolute atomic E-state index is 13.4. The van der Waals surface area contributed by atoms with E-state index in [1.807, 2.05) is 31.2 Å². The molecule has 1 fully saturated rings.